The first-order chi connectivity index (χ1) is 13.0. The fraction of sp³-hybridized carbons (Fsp3) is 0.550. The minimum Gasteiger partial charge on any atom is -0.493 e. The van der Waals surface area contributed by atoms with Gasteiger partial charge in [0.1, 0.15) is 0 Å². The van der Waals surface area contributed by atoms with Crippen molar-refractivity contribution in [3.8, 4) is 11.5 Å². The van der Waals surface area contributed by atoms with E-state index >= 15 is 0 Å². The Morgan fingerprint density at radius 1 is 1.15 bits per heavy atom. The first-order valence-corrected chi connectivity index (χ1v) is 9.27. The van der Waals surface area contributed by atoms with Gasteiger partial charge in [0.15, 0.2) is 16.9 Å². The lowest BCUT2D eigenvalue weighted by molar-refractivity contribution is -0.163. The molecule has 1 saturated carbocycles. The molecule has 4 rings (SSSR count). The predicted octanol–water partition coefficient (Wildman–Crippen LogP) is 1.60. The van der Waals surface area contributed by atoms with Crippen LogP contribution in [0.25, 0.3) is 0 Å². The second-order valence-corrected chi connectivity index (χ2v) is 7.24. The van der Waals surface area contributed by atoms with Crippen molar-refractivity contribution in [2.75, 3.05) is 27.4 Å². The fourth-order valence-electron chi connectivity index (χ4n) is 5.34. The maximum Gasteiger partial charge on any atom is 0.323 e. The summed E-state index contributed by atoms with van der Waals surface area (Å²) in [6, 6.07) is 3.72. The topological polar surface area (TPSA) is 82.1 Å². The highest BCUT2D eigenvalue weighted by atomic mass is 16.5. The third-order valence-corrected chi connectivity index (χ3v) is 6.37. The van der Waals surface area contributed by atoms with Crippen molar-refractivity contribution in [2.45, 2.75) is 38.1 Å². The van der Waals surface area contributed by atoms with Gasteiger partial charge in [-0.15, -0.1) is 0 Å². The minimum atomic E-state index is -1.48. The normalized spacial score (nSPS) is 28.5. The smallest absolute Gasteiger partial charge is 0.323 e. The Morgan fingerprint density at radius 3 is 2.52 bits per heavy atom. The average molecular weight is 373 g/mol. The first-order valence-electron chi connectivity index (χ1n) is 9.27. The van der Waals surface area contributed by atoms with Crippen LogP contribution in [0, 0.1) is 5.41 Å². The Morgan fingerprint density at radius 2 is 1.85 bits per heavy atom. The number of amides is 1. The van der Waals surface area contributed by atoms with Crippen molar-refractivity contribution in [1.29, 1.82) is 0 Å². The Bertz CT molecular complexity index is 849. The summed E-state index contributed by atoms with van der Waals surface area (Å²) in [5.41, 5.74) is -0.701. The van der Waals surface area contributed by atoms with Crippen molar-refractivity contribution < 1.29 is 28.6 Å². The van der Waals surface area contributed by atoms with Gasteiger partial charge in [-0.05, 0) is 55.9 Å². The van der Waals surface area contributed by atoms with E-state index in [9.17, 15) is 14.4 Å². The number of hydrogen-bond acceptors (Lipinski definition) is 6. The van der Waals surface area contributed by atoms with E-state index in [-0.39, 0.29) is 6.61 Å². The number of Topliss-reactive ketones (excluding diaryl/α,β-unsaturated/α-hetero) is 1. The fourth-order valence-corrected chi connectivity index (χ4v) is 5.34. The summed E-state index contributed by atoms with van der Waals surface area (Å²) in [5.74, 6) is -0.698. The van der Waals surface area contributed by atoms with Gasteiger partial charge in [-0.3, -0.25) is 14.4 Å². The molecule has 1 aromatic rings. The van der Waals surface area contributed by atoms with E-state index in [1.807, 2.05) is 12.1 Å². The molecule has 0 radical (unpaired) electrons. The van der Waals surface area contributed by atoms with Crippen LogP contribution in [0.15, 0.2) is 12.1 Å². The van der Waals surface area contributed by atoms with Crippen molar-refractivity contribution in [2.24, 2.45) is 5.41 Å². The summed E-state index contributed by atoms with van der Waals surface area (Å²) in [4.78, 5) is 40.7. The summed E-state index contributed by atoms with van der Waals surface area (Å²) < 4.78 is 16.2. The van der Waals surface area contributed by atoms with Gasteiger partial charge in [0.05, 0.1) is 26.4 Å². The third kappa shape index (κ3) is 1.94. The Kier molecular flexibility index (Phi) is 3.94. The SMILES string of the molecule is CCOC(=O)[C@@]12CCC[C@@]13c1cc(OC)c(OC)cc1CCN3C(=O)C2=O. The van der Waals surface area contributed by atoms with Crippen molar-refractivity contribution in [3.63, 3.8) is 0 Å². The molecule has 1 amide bonds. The van der Waals surface area contributed by atoms with E-state index < -0.39 is 28.6 Å². The van der Waals surface area contributed by atoms with E-state index in [0.29, 0.717) is 43.7 Å². The quantitative estimate of drug-likeness (QED) is 0.453. The number of fused-ring (bicyclic) bond motifs is 1. The number of ketones is 1. The molecule has 3 aliphatic rings. The predicted molar refractivity (Wildman–Crippen MR) is 94.6 cm³/mol. The van der Waals surface area contributed by atoms with Crippen molar-refractivity contribution in [3.05, 3.63) is 23.3 Å². The number of methoxy groups -OCH3 is 2. The molecule has 1 spiro atoms. The molecule has 7 nitrogen and oxygen atoms in total. The molecule has 2 heterocycles. The molecule has 2 fully saturated rings. The molecule has 1 saturated heterocycles. The van der Waals surface area contributed by atoms with Crippen LogP contribution in [-0.4, -0.2) is 49.9 Å². The van der Waals surface area contributed by atoms with Crippen LogP contribution < -0.4 is 9.47 Å². The summed E-state index contributed by atoms with van der Waals surface area (Å²) in [6.45, 7) is 2.27. The van der Waals surface area contributed by atoms with Gasteiger partial charge in [-0.25, -0.2) is 0 Å². The highest BCUT2D eigenvalue weighted by molar-refractivity contribution is 6.45. The summed E-state index contributed by atoms with van der Waals surface area (Å²) in [5, 5.41) is 0. The monoisotopic (exact) mass is 373 g/mol. The van der Waals surface area contributed by atoms with E-state index in [1.165, 1.54) is 0 Å². The van der Waals surface area contributed by atoms with Gasteiger partial charge in [-0.1, -0.05) is 0 Å². The maximum atomic E-state index is 13.1. The number of hydrogen-bond donors (Lipinski definition) is 0. The first kappa shape index (κ1) is 17.8. The summed E-state index contributed by atoms with van der Waals surface area (Å²) in [6.07, 6.45) is 2.13. The zero-order valence-electron chi connectivity index (χ0n) is 15.8. The average Bonchev–Trinajstić information content (AvgIpc) is 3.15. The molecule has 0 aromatic heterocycles. The lowest BCUT2D eigenvalue weighted by Gasteiger charge is -2.46. The largest absolute Gasteiger partial charge is 0.493 e. The van der Waals surface area contributed by atoms with E-state index in [1.54, 1.807) is 26.0 Å². The highest BCUT2D eigenvalue weighted by Crippen LogP contribution is 2.63. The highest BCUT2D eigenvalue weighted by Gasteiger charge is 2.76. The number of carbonyl (C=O) groups is 3. The molecule has 1 aliphatic carbocycles. The molecule has 2 aliphatic heterocycles. The van der Waals surface area contributed by atoms with E-state index in [2.05, 4.69) is 0 Å². The van der Waals surface area contributed by atoms with Crippen LogP contribution in [-0.2, 0) is 31.1 Å². The van der Waals surface area contributed by atoms with E-state index in [0.717, 1.165) is 11.1 Å². The molecular formula is C20H23NO6. The Labute approximate surface area is 157 Å². The van der Waals surface area contributed by atoms with Crippen molar-refractivity contribution in [1.82, 2.24) is 4.90 Å². The number of rotatable bonds is 4. The number of carbonyl (C=O) groups excluding carboxylic acids is 3. The molecule has 144 valence electrons. The van der Waals surface area contributed by atoms with Gasteiger partial charge >= 0.3 is 5.97 Å². The molecule has 0 N–H and O–H groups in total. The van der Waals surface area contributed by atoms with Gasteiger partial charge in [0.25, 0.3) is 5.91 Å². The molecule has 7 heteroatoms. The molecular weight excluding hydrogens is 350 g/mol. The Hall–Kier alpha value is -2.57. The summed E-state index contributed by atoms with van der Waals surface area (Å²) in [7, 11) is 3.11. The Balaban J connectivity index is 2.01. The zero-order chi connectivity index (χ0) is 19.4. The van der Waals surface area contributed by atoms with Crippen LogP contribution in [0.2, 0.25) is 0 Å². The maximum absolute atomic E-state index is 13.1. The lowest BCUT2D eigenvalue weighted by atomic mass is 9.65. The number of benzene rings is 1. The second-order valence-electron chi connectivity index (χ2n) is 7.24. The number of ether oxygens (including phenoxy) is 3. The van der Waals surface area contributed by atoms with Crippen molar-refractivity contribution >= 4 is 17.7 Å². The van der Waals surface area contributed by atoms with Crippen LogP contribution >= 0.6 is 0 Å². The van der Waals surface area contributed by atoms with Crippen LogP contribution in [0.5, 0.6) is 11.5 Å². The number of nitrogens with zero attached hydrogens (tertiary/aromatic N) is 1. The van der Waals surface area contributed by atoms with Crippen LogP contribution in [0.4, 0.5) is 0 Å². The van der Waals surface area contributed by atoms with Gasteiger partial charge < -0.3 is 19.1 Å². The standard InChI is InChI=1S/C20H23NO6/c1-4-27-18(24)19-7-5-8-20(19)13-11-15(26-3)14(25-2)10-12(13)6-9-21(20)17(23)16(19)22/h10-11H,4-9H2,1-3H3/t19-,20+/m0/s1. The minimum absolute atomic E-state index is 0.164. The second kappa shape index (κ2) is 5.97. The van der Waals surface area contributed by atoms with E-state index in [4.69, 9.17) is 14.2 Å². The molecule has 1 aromatic carbocycles. The third-order valence-electron chi connectivity index (χ3n) is 6.37. The van der Waals surface area contributed by atoms with Gasteiger partial charge in [0.2, 0.25) is 5.78 Å². The van der Waals surface area contributed by atoms with Crippen LogP contribution in [0.1, 0.15) is 37.3 Å². The molecule has 27 heavy (non-hydrogen) atoms. The molecule has 2 atom stereocenters. The lowest BCUT2D eigenvalue weighted by Crippen LogP contribution is -2.56. The van der Waals surface area contributed by atoms with Gasteiger partial charge in [-0.2, -0.15) is 0 Å². The molecule has 0 unspecified atom stereocenters. The van der Waals surface area contributed by atoms with Crippen LogP contribution in [0.3, 0.4) is 0 Å². The number of esters is 1. The molecule has 0 bridgehead atoms. The summed E-state index contributed by atoms with van der Waals surface area (Å²) >= 11 is 0. The van der Waals surface area contributed by atoms with Gasteiger partial charge in [0, 0.05) is 6.54 Å². The zero-order valence-corrected chi connectivity index (χ0v) is 15.8.